The highest BCUT2D eigenvalue weighted by atomic mass is 32.2. The van der Waals surface area contributed by atoms with Crippen molar-refractivity contribution < 1.29 is 13.2 Å². The molecule has 1 fully saturated rings. The summed E-state index contributed by atoms with van der Waals surface area (Å²) in [5.41, 5.74) is 2.91. The van der Waals surface area contributed by atoms with Crippen LogP contribution in [0.1, 0.15) is 41.0 Å². The zero-order valence-electron chi connectivity index (χ0n) is 14.5. The molecule has 1 aromatic heterocycles. The maximum absolute atomic E-state index is 12.6. The number of aryl methyl sites for hydroxylation is 1. The summed E-state index contributed by atoms with van der Waals surface area (Å²) in [5.74, 6) is -0.583. The molecule has 0 aliphatic carbocycles. The van der Waals surface area contributed by atoms with Crippen LogP contribution in [0.4, 0.5) is 0 Å². The Balaban J connectivity index is 1.86. The van der Waals surface area contributed by atoms with Gasteiger partial charge >= 0.3 is 10.2 Å². The van der Waals surface area contributed by atoms with Crippen LogP contribution in [0, 0.1) is 13.8 Å². The lowest BCUT2D eigenvalue weighted by Gasteiger charge is -2.25. The second kappa shape index (κ2) is 7.01. The summed E-state index contributed by atoms with van der Waals surface area (Å²) in [6, 6.07) is 11.4. The van der Waals surface area contributed by atoms with E-state index in [1.54, 1.807) is 6.07 Å². The first kappa shape index (κ1) is 17.7. The van der Waals surface area contributed by atoms with Crippen molar-refractivity contribution in [3.8, 4) is 5.69 Å². The van der Waals surface area contributed by atoms with Crippen LogP contribution in [0.5, 0.6) is 0 Å². The van der Waals surface area contributed by atoms with Crippen LogP contribution in [0.15, 0.2) is 36.4 Å². The fourth-order valence-corrected chi connectivity index (χ4v) is 4.52. The van der Waals surface area contributed by atoms with Crippen molar-refractivity contribution in [3.63, 3.8) is 0 Å². The summed E-state index contributed by atoms with van der Waals surface area (Å²) in [7, 11) is -3.79. The van der Waals surface area contributed by atoms with Crippen molar-refractivity contribution in [3.05, 3.63) is 53.3 Å². The molecule has 2 heterocycles. The second-order valence-corrected chi connectivity index (χ2v) is 8.02. The molecule has 2 aromatic rings. The predicted octanol–water partition coefficient (Wildman–Crippen LogP) is 2.55. The molecule has 1 saturated heterocycles. The van der Waals surface area contributed by atoms with Crippen molar-refractivity contribution in [2.75, 3.05) is 13.1 Å². The van der Waals surface area contributed by atoms with E-state index in [2.05, 4.69) is 4.72 Å². The zero-order chi connectivity index (χ0) is 18.0. The van der Waals surface area contributed by atoms with Crippen molar-refractivity contribution in [1.29, 1.82) is 0 Å². The van der Waals surface area contributed by atoms with E-state index < -0.39 is 16.1 Å². The fourth-order valence-electron chi connectivity index (χ4n) is 3.31. The smallest absolute Gasteiger partial charge is 0.304 e. The standard InChI is InChI=1S/C18H23N3O3S/c1-14-13-17(15(2)21(14)16-9-5-3-6-10-16)18(22)19-25(23,24)20-11-7-4-8-12-20/h3,5-6,9-10,13H,4,7-8,11-12H2,1-2H3,(H,19,22). The molecule has 1 aliphatic rings. The minimum atomic E-state index is -3.79. The second-order valence-electron chi connectivity index (χ2n) is 6.35. The van der Waals surface area contributed by atoms with Crippen LogP contribution in [0.3, 0.4) is 0 Å². The molecule has 6 nitrogen and oxygen atoms in total. The van der Waals surface area contributed by atoms with E-state index in [-0.39, 0.29) is 0 Å². The van der Waals surface area contributed by atoms with Gasteiger partial charge in [-0.25, -0.2) is 4.72 Å². The Bertz CT molecular complexity index is 866. The highest BCUT2D eigenvalue weighted by molar-refractivity contribution is 7.87. The van der Waals surface area contributed by atoms with Gasteiger partial charge in [-0.15, -0.1) is 0 Å². The van der Waals surface area contributed by atoms with Crippen molar-refractivity contribution in [2.24, 2.45) is 0 Å². The lowest BCUT2D eigenvalue weighted by Crippen LogP contribution is -2.45. The largest absolute Gasteiger partial charge is 0.318 e. The van der Waals surface area contributed by atoms with Crippen LogP contribution in [0.25, 0.3) is 5.69 Å². The van der Waals surface area contributed by atoms with E-state index in [1.165, 1.54) is 4.31 Å². The Morgan fingerprint density at radius 1 is 1.04 bits per heavy atom. The first-order valence-electron chi connectivity index (χ1n) is 8.47. The molecule has 0 saturated carbocycles. The van der Waals surface area contributed by atoms with E-state index in [1.807, 2.05) is 48.7 Å². The first-order valence-corrected chi connectivity index (χ1v) is 9.91. The van der Waals surface area contributed by atoms with Gasteiger partial charge in [0.15, 0.2) is 0 Å². The number of carbonyl (C=O) groups excluding carboxylic acids is 1. The van der Waals surface area contributed by atoms with E-state index in [4.69, 9.17) is 0 Å². The van der Waals surface area contributed by atoms with Gasteiger partial charge in [0, 0.05) is 30.2 Å². The summed E-state index contributed by atoms with van der Waals surface area (Å²) in [6.45, 7) is 4.65. The maximum Gasteiger partial charge on any atom is 0.304 e. The molecule has 0 radical (unpaired) electrons. The minimum absolute atomic E-state index is 0.377. The van der Waals surface area contributed by atoms with E-state index in [9.17, 15) is 13.2 Å². The Kier molecular flexibility index (Phi) is 4.96. The highest BCUT2D eigenvalue weighted by Crippen LogP contribution is 2.21. The third kappa shape index (κ3) is 3.62. The number of amides is 1. The number of hydrogen-bond donors (Lipinski definition) is 1. The van der Waals surface area contributed by atoms with Crippen molar-refractivity contribution >= 4 is 16.1 Å². The molecule has 0 unspecified atom stereocenters. The number of hydrogen-bond acceptors (Lipinski definition) is 3. The van der Waals surface area contributed by atoms with Gasteiger partial charge in [-0.2, -0.15) is 12.7 Å². The quantitative estimate of drug-likeness (QED) is 0.910. The predicted molar refractivity (Wildman–Crippen MR) is 97.1 cm³/mol. The number of aromatic nitrogens is 1. The summed E-state index contributed by atoms with van der Waals surface area (Å²) in [6.07, 6.45) is 2.69. The normalized spacial score (nSPS) is 15.9. The van der Waals surface area contributed by atoms with Crippen LogP contribution in [-0.4, -0.2) is 36.3 Å². The van der Waals surface area contributed by atoms with Gasteiger partial charge in [0.1, 0.15) is 0 Å². The topological polar surface area (TPSA) is 71.4 Å². The lowest BCUT2D eigenvalue weighted by molar-refractivity contribution is 0.0978. The summed E-state index contributed by atoms with van der Waals surface area (Å²) < 4.78 is 30.4. The lowest BCUT2D eigenvalue weighted by atomic mass is 10.2. The van der Waals surface area contributed by atoms with E-state index in [0.29, 0.717) is 18.7 Å². The molecule has 1 aromatic carbocycles. The number of rotatable bonds is 4. The van der Waals surface area contributed by atoms with Crippen LogP contribution >= 0.6 is 0 Å². The number of nitrogens with one attached hydrogen (secondary N) is 1. The molecule has 1 amide bonds. The van der Waals surface area contributed by atoms with Crippen LogP contribution in [-0.2, 0) is 10.2 Å². The number of para-hydroxylation sites is 1. The minimum Gasteiger partial charge on any atom is -0.318 e. The van der Waals surface area contributed by atoms with Crippen LogP contribution < -0.4 is 4.72 Å². The van der Waals surface area contributed by atoms with Gasteiger partial charge in [-0.1, -0.05) is 24.6 Å². The van der Waals surface area contributed by atoms with Gasteiger partial charge < -0.3 is 4.57 Å². The number of piperidine rings is 1. The molecule has 0 atom stereocenters. The van der Waals surface area contributed by atoms with Crippen LogP contribution in [0.2, 0.25) is 0 Å². The molecule has 0 spiro atoms. The Morgan fingerprint density at radius 2 is 1.68 bits per heavy atom. The monoisotopic (exact) mass is 361 g/mol. The molecule has 3 rings (SSSR count). The summed E-state index contributed by atoms with van der Waals surface area (Å²) in [4.78, 5) is 12.6. The van der Waals surface area contributed by atoms with Crippen molar-refractivity contribution in [1.82, 2.24) is 13.6 Å². The maximum atomic E-state index is 12.6. The first-order chi connectivity index (χ1) is 11.9. The average molecular weight is 361 g/mol. The van der Waals surface area contributed by atoms with E-state index >= 15 is 0 Å². The van der Waals surface area contributed by atoms with Gasteiger partial charge in [0.25, 0.3) is 5.91 Å². The third-order valence-electron chi connectivity index (χ3n) is 4.57. The van der Waals surface area contributed by atoms with Gasteiger partial charge in [-0.3, -0.25) is 4.79 Å². The van der Waals surface area contributed by atoms with Gasteiger partial charge in [-0.05, 0) is 44.9 Å². The fraction of sp³-hybridized carbons (Fsp3) is 0.389. The average Bonchev–Trinajstić information content (AvgIpc) is 2.91. The number of benzene rings is 1. The Morgan fingerprint density at radius 3 is 2.32 bits per heavy atom. The molecular weight excluding hydrogens is 338 g/mol. The van der Waals surface area contributed by atoms with Crippen molar-refractivity contribution in [2.45, 2.75) is 33.1 Å². The van der Waals surface area contributed by atoms with E-state index in [0.717, 1.165) is 36.3 Å². The molecule has 134 valence electrons. The van der Waals surface area contributed by atoms with Gasteiger partial charge in [0.2, 0.25) is 0 Å². The molecule has 25 heavy (non-hydrogen) atoms. The Labute approximate surface area is 148 Å². The molecule has 1 aliphatic heterocycles. The third-order valence-corrected chi connectivity index (χ3v) is 6.06. The molecule has 0 bridgehead atoms. The highest BCUT2D eigenvalue weighted by Gasteiger charge is 2.27. The summed E-state index contributed by atoms with van der Waals surface area (Å²) in [5, 5.41) is 0. The number of carbonyl (C=O) groups is 1. The van der Waals surface area contributed by atoms with Gasteiger partial charge in [0.05, 0.1) is 5.56 Å². The molecular formula is C18H23N3O3S. The molecule has 1 N–H and O–H groups in total. The Hall–Kier alpha value is -2.12. The summed E-state index contributed by atoms with van der Waals surface area (Å²) >= 11 is 0. The SMILES string of the molecule is Cc1cc(C(=O)NS(=O)(=O)N2CCCCC2)c(C)n1-c1ccccc1. The number of nitrogens with zero attached hydrogens (tertiary/aromatic N) is 2. The molecule has 7 heteroatoms. The zero-order valence-corrected chi connectivity index (χ0v) is 15.3.